The first-order chi connectivity index (χ1) is 9.02. The second kappa shape index (κ2) is 5.11. The first kappa shape index (κ1) is 13.1. The number of nitriles is 1. The fourth-order valence-electron chi connectivity index (χ4n) is 1.95. The lowest BCUT2D eigenvalue weighted by molar-refractivity contribution is 0.455. The number of aryl methyl sites for hydroxylation is 3. The molecule has 3 nitrogen and oxygen atoms in total. The Balaban J connectivity index is 2.50. The maximum atomic E-state index is 9.22. The third-order valence-corrected chi connectivity index (χ3v) is 3.18. The van der Waals surface area contributed by atoms with E-state index in [1.165, 1.54) is 0 Å². The standard InChI is InChI=1S/C16H16N2O/c1-10-6-5-7-15(13(10)4)19-16-14(9-17)11(2)8-12(3)18-16/h5-8H,1-4H3. The van der Waals surface area contributed by atoms with Crippen LogP contribution in [0, 0.1) is 39.0 Å². The summed E-state index contributed by atoms with van der Waals surface area (Å²) in [6.45, 7) is 7.81. The molecule has 0 atom stereocenters. The molecule has 1 heterocycles. The molecule has 0 N–H and O–H groups in total. The molecule has 0 aliphatic heterocycles. The van der Waals surface area contributed by atoms with Crippen molar-refractivity contribution >= 4 is 0 Å². The number of rotatable bonds is 2. The maximum absolute atomic E-state index is 9.22. The number of ether oxygens (including phenoxy) is 1. The summed E-state index contributed by atoms with van der Waals surface area (Å²) in [6, 6.07) is 9.90. The second-order valence-electron chi connectivity index (χ2n) is 4.67. The number of hydrogen-bond donors (Lipinski definition) is 0. The van der Waals surface area contributed by atoms with Crippen molar-refractivity contribution in [2.75, 3.05) is 0 Å². The van der Waals surface area contributed by atoms with E-state index in [0.29, 0.717) is 11.4 Å². The van der Waals surface area contributed by atoms with Crippen LogP contribution in [0.1, 0.15) is 27.9 Å². The van der Waals surface area contributed by atoms with Gasteiger partial charge in [-0.3, -0.25) is 0 Å². The summed E-state index contributed by atoms with van der Waals surface area (Å²) in [5, 5.41) is 9.22. The quantitative estimate of drug-likeness (QED) is 0.812. The smallest absolute Gasteiger partial charge is 0.237 e. The van der Waals surface area contributed by atoms with Crippen LogP contribution in [0.2, 0.25) is 0 Å². The molecule has 19 heavy (non-hydrogen) atoms. The predicted octanol–water partition coefficient (Wildman–Crippen LogP) is 3.98. The molecular weight excluding hydrogens is 236 g/mol. The largest absolute Gasteiger partial charge is 0.437 e. The van der Waals surface area contributed by atoms with E-state index in [2.05, 4.69) is 11.1 Å². The summed E-state index contributed by atoms with van der Waals surface area (Å²) >= 11 is 0. The number of pyridine rings is 1. The van der Waals surface area contributed by atoms with Gasteiger partial charge in [0.25, 0.3) is 0 Å². The zero-order valence-electron chi connectivity index (χ0n) is 11.6. The van der Waals surface area contributed by atoms with E-state index in [1.54, 1.807) is 0 Å². The molecule has 96 valence electrons. The lowest BCUT2D eigenvalue weighted by Gasteiger charge is -2.12. The minimum atomic E-state index is 0.383. The molecule has 1 aromatic heterocycles. The van der Waals surface area contributed by atoms with E-state index >= 15 is 0 Å². The summed E-state index contributed by atoms with van der Waals surface area (Å²) in [7, 11) is 0. The Labute approximate surface area is 113 Å². The summed E-state index contributed by atoms with van der Waals surface area (Å²) in [4.78, 5) is 4.33. The van der Waals surface area contributed by atoms with Crippen molar-refractivity contribution in [3.05, 3.63) is 52.2 Å². The number of nitrogens with zero attached hydrogens (tertiary/aromatic N) is 2. The Morgan fingerprint density at radius 1 is 1.11 bits per heavy atom. The average molecular weight is 252 g/mol. The Kier molecular flexibility index (Phi) is 3.52. The van der Waals surface area contributed by atoms with Crippen LogP contribution in [0.15, 0.2) is 24.3 Å². The van der Waals surface area contributed by atoms with E-state index in [0.717, 1.165) is 28.1 Å². The molecule has 0 saturated heterocycles. The topological polar surface area (TPSA) is 45.9 Å². The minimum Gasteiger partial charge on any atom is -0.437 e. The normalized spacial score (nSPS) is 10.1. The van der Waals surface area contributed by atoms with Gasteiger partial charge in [-0.2, -0.15) is 5.26 Å². The Morgan fingerprint density at radius 2 is 1.84 bits per heavy atom. The van der Waals surface area contributed by atoms with Gasteiger partial charge in [-0.25, -0.2) is 4.98 Å². The summed E-state index contributed by atoms with van der Waals surface area (Å²) in [6.07, 6.45) is 0. The Hall–Kier alpha value is -2.34. The molecule has 0 bridgehead atoms. The van der Waals surface area contributed by atoms with E-state index in [1.807, 2.05) is 52.0 Å². The lowest BCUT2D eigenvalue weighted by atomic mass is 10.1. The zero-order valence-corrected chi connectivity index (χ0v) is 11.6. The molecule has 0 radical (unpaired) electrons. The molecule has 0 unspecified atom stereocenters. The summed E-state index contributed by atoms with van der Waals surface area (Å²) in [5.74, 6) is 1.13. The van der Waals surface area contributed by atoms with Crippen molar-refractivity contribution in [3.63, 3.8) is 0 Å². The molecular formula is C16H16N2O. The van der Waals surface area contributed by atoms with Gasteiger partial charge in [0.05, 0.1) is 0 Å². The Morgan fingerprint density at radius 3 is 2.53 bits per heavy atom. The van der Waals surface area contributed by atoms with Crippen LogP contribution in [0.3, 0.4) is 0 Å². The van der Waals surface area contributed by atoms with Gasteiger partial charge in [-0.15, -0.1) is 0 Å². The van der Waals surface area contributed by atoms with Crippen LogP contribution in [-0.4, -0.2) is 4.98 Å². The van der Waals surface area contributed by atoms with Crippen molar-refractivity contribution in [2.24, 2.45) is 0 Å². The van der Waals surface area contributed by atoms with E-state index in [9.17, 15) is 5.26 Å². The molecule has 0 amide bonds. The van der Waals surface area contributed by atoms with Crippen LogP contribution >= 0.6 is 0 Å². The van der Waals surface area contributed by atoms with E-state index < -0.39 is 0 Å². The van der Waals surface area contributed by atoms with Crippen LogP contribution in [-0.2, 0) is 0 Å². The second-order valence-corrected chi connectivity index (χ2v) is 4.67. The highest BCUT2D eigenvalue weighted by atomic mass is 16.5. The van der Waals surface area contributed by atoms with Crippen LogP contribution in [0.4, 0.5) is 0 Å². The van der Waals surface area contributed by atoms with Gasteiger partial charge < -0.3 is 4.74 Å². The fraction of sp³-hybridized carbons (Fsp3) is 0.250. The van der Waals surface area contributed by atoms with Crippen molar-refractivity contribution in [1.82, 2.24) is 4.98 Å². The zero-order chi connectivity index (χ0) is 14.0. The van der Waals surface area contributed by atoms with Gasteiger partial charge in [-0.05, 0) is 56.5 Å². The summed E-state index contributed by atoms with van der Waals surface area (Å²) in [5.41, 5.74) is 4.44. The molecule has 3 heteroatoms. The molecule has 0 spiro atoms. The van der Waals surface area contributed by atoms with Crippen molar-refractivity contribution in [2.45, 2.75) is 27.7 Å². The minimum absolute atomic E-state index is 0.383. The van der Waals surface area contributed by atoms with Crippen molar-refractivity contribution < 1.29 is 4.74 Å². The van der Waals surface area contributed by atoms with Gasteiger partial charge in [0.1, 0.15) is 17.4 Å². The highest BCUT2D eigenvalue weighted by Gasteiger charge is 2.12. The molecule has 0 aliphatic carbocycles. The maximum Gasteiger partial charge on any atom is 0.237 e. The molecule has 0 aliphatic rings. The van der Waals surface area contributed by atoms with Gasteiger partial charge in [0.2, 0.25) is 5.88 Å². The van der Waals surface area contributed by atoms with Gasteiger partial charge in [0.15, 0.2) is 0 Å². The fourth-order valence-corrected chi connectivity index (χ4v) is 1.95. The highest BCUT2D eigenvalue weighted by molar-refractivity contribution is 5.48. The molecule has 0 fully saturated rings. The summed E-state index contributed by atoms with van der Waals surface area (Å²) < 4.78 is 5.84. The molecule has 2 rings (SSSR count). The molecule has 1 aromatic carbocycles. The average Bonchev–Trinajstić information content (AvgIpc) is 2.34. The number of aromatic nitrogens is 1. The highest BCUT2D eigenvalue weighted by Crippen LogP contribution is 2.29. The van der Waals surface area contributed by atoms with Crippen LogP contribution < -0.4 is 4.74 Å². The third-order valence-electron chi connectivity index (χ3n) is 3.18. The van der Waals surface area contributed by atoms with Gasteiger partial charge >= 0.3 is 0 Å². The monoisotopic (exact) mass is 252 g/mol. The number of benzene rings is 1. The SMILES string of the molecule is Cc1cc(C)c(C#N)c(Oc2cccc(C)c2C)n1. The van der Waals surface area contributed by atoms with Gasteiger partial charge in [-0.1, -0.05) is 12.1 Å². The molecule has 0 saturated carbocycles. The van der Waals surface area contributed by atoms with E-state index in [4.69, 9.17) is 4.74 Å². The lowest BCUT2D eigenvalue weighted by Crippen LogP contribution is -1.98. The van der Waals surface area contributed by atoms with Crippen LogP contribution in [0.5, 0.6) is 11.6 Å². The predicted molar refractivity (Wildman–Crippen MR) is 74.4 cm³/mol. The van der Waals surface area contributed by atoms with Crippen LogP contribution in [0.25, 0.3) is 0 Å². The first-order valence-corrected chi connectivity index (χ1v) is 6.15. The Bertz CT molecular complexity index is 669. The van der Waals surface area contributed by atoms with E-state index in [-0.39, 0.29) is 0 Å². The third kappa shape index (κ3) is 2.58. The van der Waals surface area contributed by atoms with Crippen molar-refractivity contribution in [3.8, 4) is 17.7 Å². The van der Waals surface area contributed by atoms with Crippen molar-refractivity contribution in [1.29, 1.82) is 5.26 Å². The number of hydrogen-bond acceptors (Lipinski definition) is 3. The molecule has 2 aromatic rings. The first-order valence-electron chi connectivity index (χ1n) is 6.15. The van der Waals surface area contributed by atoms with Gasteiger partial charge in [0, 0.05) is 5.69 Å².